The molecule has 1 aliphatic rings. The monoisotopic (exact) mass is 250 g/mol. The number of fused-ring (bicyclic) bond motifs is 1. The standard InChI is InChI=1S/C11H10N2O5/c14-8-4-13(5-9(15)16)10-6(11(17)18)2-1-3-7(10)12-8/h1-3H,4-5H2,(H,12,14)(H,15,16)(H,17,18). The number of rotatable bonds is 3. The molecule has 7 nitrogen and oxygen atoms in total. The minimum absolute atomic E-state index is 0.0336. The van der Waals surface area contributed by atoms with E-state index >= 15 is 0 Å². The van der Waals surface area contributed by atoms with Gasteiger partial charge in [0.1, 0.15) is 6.54 Å². The first-order valence-corrected chi connectivity index (χ1v) is 5.12. The number of carboxylic acid groups (broad SMARTS) is 2. The second-order valence-electron chi connectivity index (χ2n) is 3.80. The third-order valence-electron chi connectivity index (χ3n) is 2.52. The average molecular weight is 250 g/mol. The Morgan fingerprint density at radius 2 is 2.06 bits per heavy atom. The molecular formula is C11H10N2O5. The van der Waals surface area contributed by atoms with Gasteiger partial charge in [-0.05, 0) is 12.1 Å². The van der Waals surface area contributed by atoms with E-state index < -0.39 is 18.5 Å². The first-order valence-electron chi connectivity index (χ1n) is 5.12. The van der Waals surface area contributed by atoms with E-state index in [4.69, 9.17) is 10.2 Å². The molecule has 2 rings (SSSR count). The lowest BCUT2D eigenvalue weighted by atomic mass is 10.1. The highest BCUT2D eigenvalue weighted by Crippen LogP contribution is 2.32. The van der Waals surface area contributed by atoms with Crippen LogP contribution in [-0.2, 0) is 9.59 Å². The van der Waals surface area contributed by atoms with Gasteiger partial charge in [0.15, 0.2) is 0 Å². The summed E-state index contributed by atoms with van der Waals surface area (Å²) in [6.07, 6.45) is 0. The highest BCUT2D eigenvalue weighted by Gasteiger charge is 2.27. The second kappa shape index (κ2) is 4.36. The Balaban J connectivity index is 2.53. The topological polar surface area (TPSA) is 107 Å². The van der Waals surface area contributed by atoms with Crippen LogP contribution in [0.4, 0.5) is 11.4 Å². The SMILES string of the molecule is O=C(O)CN1CC(=O)Nc2cccc(C(=O)O)c21. The molecule has 0 fully saturated rings. The lowest BCUT2D eigenvalue weighted by Crippen LogP contribution is -2.42. The van der Waals surface area contributed by atoms with Gasteiger partial charge in [-0.3, -0.25) is 9.59 Å². The first kappa shape index (κ1) is 11.9. The predicted octanol–water partition coefficient (Wildman–Crippen LogP) is 0.228. The fourth-order valence-corrected chi connectivity index (χ4v) is 1.90. The van der Waals surface area contributed by atoms with Gasteiger partial charge in [-0.2, -0.15) is 0 Å². The molecule has 0 spiro atoms. The molecule has 3 N–H and O–H groups in total. The number of aliphatic carboxylic acids is 1. The van der Waals surface area contributed by atoms with E-state index in [1.54, 1.807) is 0 Å². The van der Waals surface area contributed by atoms with Crippen LogP contribution in [0.3, 0.4) is 0 Å². The molecule has 0 radical (unpaired) electrons. The minimum atomic E-state index is -1.17. The Kier molecular flexibility index (Phi) is 2.88. The number of benzene rings is 1. The van der Waals surface area contributed by atoms with Crippen LogP contribution in [0.5, 0.6) is 0 Å². The third-order valence-corrected chi connectivity index (χ3v) is 2.52. The molecule has 0 unspecified atom stereocenters. The Hall–Kier alpha value is -2.57. The molecule has 0 aliphatic carbocycles. The van der Waals surface area contributed by atoms with Crippen molar-refractivity contribution in [2.24, 2.45) is 0 Å². The number of carbonyl (C=O) groups excluding carboxylic acids is 1. The molecule has 1 aromatic rings. The number of hydrogen-bond acceptors (Lipinski definition) is 4. The van der Waals surface area contributed by atoms with Crippen LogP contribution in [0.1, 0.15) is 10.4 Å². The maximum Gasteiger partial charge on any atom is 0.337 e. The summed E-state index contributed by atoms with van der Waals surface area (Å²) >= 11 is 0. The van der Waals surface area contributed by atoms with E-state index in [-0.39, 0.29) is 23.7 Å². The lowest BCUT2D eigenvalue weighted by molar-refractivity contribution is -0.135. The van der Waals surface area contributed by atoms with Crippen molar-refractivity contribution in [3.8, 4) is 0 Å². The predicted molar refractivity (Wildman–Crippen MR) is 61.9 cm³/mol. The van der Waals surface area contributed by atoms with E-state index in [1.165, 1.54) is 23.1 Å². The Morgan fingerprint density at radius 1 is 1.33 bits per heavy atom. The van der Waals surface area contributed by atoms with Gasteiger partial charge in [0.2, 0.25) is 5.91 Å². The molecule has 1 heterocycles. The first-order chi connectivity index (χ1) is 8.49. The van der Waals surface area contributed by atoms with Gasteiger partial charge >= 0.3 is 11.9 Å². The maximum absolute atomic E-state index is 11.4. The van der Waals surface area contributed by atoms with Crippen LogP contribution < -0.4 is 10.2 Å². The number of carbonyl (C=O) groups is 3. The summed E-state index contributed by atoms with van der Waals surface area (Å²) in [6.45, 7) is -0.603. The number of aromatic carboxylic acids is 1. The van der Waals surface area contributed by atoms with Gasteiger partial charge in [-0.15, -0.1) is 0 Å². The molecule has 1 amide bonds. The minimum Gasteiger partial charge on any atom is -0.480 e. The van der Waals surface area contributed by atoms with Crippen LogP contribution in [0, 0.1) is 0 Å². The number of para-hydroxylation sites is 1. The molecule has 0 saturated carbocycles. The summed E-state index contributed by atoms with van der Waals surface area (Å²) in [4.78, 5) is 34.5. The van der Waals surface area contributed by atoms with Crippen LogP contribution in [0.25, 0.3) is 0 Å². The van der Waals surface area contributed by atoms with Gasteiger partial charge < -0.3 is 20.4 Å². The molecule has 94 valence electrons. The zero-order valence-electron chi connectivity index (χ0n) is 9.21. The van der Waals surface area contributed by atoms with Gasteiger partial charge in [0.25, 0.3) is 0 Å². The van der Waals surface area contributed by atoms with Crippen molar-refractivity contribution < 1.29 is 24.6 Å². The van der Waals surface area contributed by atoms with Crippen LogP contribution >= 0.6 is 0 Å². The van der Waals surface area contributed by atoms with E-state index in [0.717, 1.165) is 0 Å². The van der Waals surface area contributed by atoms with Crippen LogP contribution in [0.2, 0.25) is 0 Å². The molecule has 0 bridgehead atoms. The zero-order valence-corrected chi connectivity index (χ0v) is 9.21. The van der Waals surface area contributed by atoms with Crippen LogP contribution in [0.15, 0.2) is 18.2 Å². The van der Waals surface area contributed by atoms with Crippen LogP contribution in [-0.4, -0.2) is 41.1 Å². The van der Waals surface area contributed by atoms with E-state index in [1.807, 2.05) is 0 Å². The van der Waals surface area contributed by atoms with E-state index in [0.29, 0.717) is 5.69 Å². The summed E-state index contributed by atoms with van der Waals surface area (Å²) < 4.78 is 0. The van der Waals surface area contributed by atoms with Crippen molar-refractivity contribution in [2.75, 3.05) is 23.3 Å². The summed E-state index contributed by atoms with van der Waals surface area (Å²) in [7, 11) is 0. The van der Waals surface area contributed by atoms with Gasteiger partial charge in [0.05, 0.1) is 23.5 Å². The highest BCUT2D eigenvalue weighted by molar-refractivity contribution is 6.07. The number of hydrogen-bond donors (Lipinski definition) is 3. The molecule has 0 saturated heterocycles. The summed E-state index contributed by atoms with van der Waals surface area (Å²) in [5.41, 5.74) is 0.508. The fraction of sp³-hybridized carbons (Fsp3) is 0.182. The normalized spacial score (nSPS) is 13.8. The van der Waals surface area contributed by atoms with E-state index in [2.05, 4.69) is 5.32 Å². The largest absolute Gasteiger partial charge is 0.480 e. The van der Waals surface area contributed by atoms with Crippen molar-refractivity contribution in [2.45, 2.75) is 0 Å². The highest BCUT2D eigenvalue weighted by atomic mass is 16.4. The maximum atomic E-state index is 11.4. The van der Waals surface area contributed by atoms with Crippen molar-refractivity contribution in [1.29, 1.82) is 0 Å². The molecule has 0 aromatic heterocycles. The lowest BCUT2D eigenvalue weighted by Gasteiger charge is -2.30. The Morgan fingerprint density at radius 3 is 2.67 bits per heavy atom. The number of amides is 1. The fourth-order valence-electron chi connectivity index (χ4n) is 1.90. The van der Waals surface area contributed by atoms with E-state index in [9.17, 15) is 14.4 Å². The average Bonchev–Trinajstić information content (AvgIpc) is 2.26. The van der Waals surface area contributed by atoms with Crippen molar-refractivity contribution in [1.82, 2.24) is 0 Å². The molecular weight excluding hydrogens is 240 g/mol. The number of anilines is 2. The smallest absolute Gasteiger partial charge is 0.337 e. The summed E-state index contributed by atoms with van der Waals surface area (Å²) in [5.74, 6) is -2.67. The quantitative estimate of drug-likeness (QED) is 0.708. The molecule has 7 heteroatoms. The Labute approximate surface area is 102 Å². The third kappa shape index (κ3) is 2.10. The van der Waals surface area contributed by atoms with Crippen molar-refractivity contribution in [3.63, 3.8) is 0 Å². The molecule has 1 aromatic carbocycles. The molecule has 0 atom stereocenters. The summed E-state index contributed by atoms with van der Waals surface area (Å²) in [5, 5.41) is 20.4. The van der Waals surface area contributed by atoms with Crippen molar-refractivity contribution >= 4 is 29.2 Å². The second-order valence-corrected chi connectivity index (χ2v) is 3.80. The molecule has 18 heavy (non-hydrogen) atoms. The van der Waals surface area contributed by atoms with Crippen molar-refractivity contribution in [3.05, 3.63) is 23.8 Å². The summed E-state index contributed by atoms with van der Waals surface area (Å²) in [6, 6.07) is 4.40. The zero-order chi connectivity index (χ0) is 13.3. The Bertz CT molecular complexity index is 540. The van der Waals surface area contributed by atoms with Gasteiger partial charge in [-0.1, -0.05) is 6.07 Å². The number of nitrogens with one attached hydrogen (secondary N) is 1. The molecule has 1 aliphatic heterocycles. The number of nitrogens with zero attached hydrogens (tertiary/aromatic N) is 1. The van der Waals surface area contributed by atoms with Gasteiger partial charge in [-0.25, -0.2) is 4.79 Å². The number of carboxylic acids is 2. The van der Waals surface area contributed by atoms with Gasteiger partial charge in [0, 0.05) is 0 Å².